The van der Waals surface area contributed by atoms with Crippen molar-refractivity contribution < 1.29 is 13.2 Å². The first kappa shape index (κ1) is 13.8. The van der Waals surface area contributed by atoms with Crippen LogP contribution in [0.15, 0.2) is 12.1 Å². The van der Waals surface area contributed by atoms with E-state index in [9.17, 15) is 13.2 Å². The first-order chi connectivity index (χ1) is 7.81. The summed E-state index contributed by atoms with van der Waals surface area (Å²) in [5.74, 6) is 0.180. The lowest BCUT2D eigenvalue weighted by Crippen LogP contribution is -2.11. The molecule has 0 spiro atoms. The number of hydrogen-bond acceptors (Lipinski definition) is 1. The number of alkyl halides is 3. The first-order valence-corrected chi connectivity index (χ1v) is 5.61. The predicted molar refractivity (Wildman–Crippen MR) is 61.4 cm³/mol. The highest BCUT2D eigenvalue weighted by atomic mass is 19.4. The number of rotatable bonds is 3. The lowest BCUT2D eigenvalue weighted by atomic mass is 10.0. The Bertz CT molecular complexity index is 416. The van der Waals surface area contributed by atoms with Crippen LogP contribution in [0.5, 0.6) is 0 Å². The summed E-state index contributed by atoms with van der Waals surface area (Å²) >= 11 is 0. The van der Waals surface area contributed by atoms with Crippen molar-refractivity contribution in [2.75, 3.05) is 0 Å². The normalized spacial score (nSPS) is 15.1. The zero-order valence-electron chi connectivity index (χ0n) is 10.5. The molecule has 17 heavy (non-hydrogen) atoms. The quantitative estimate of drug-likeness (QED) is 0.784. The minimum Gasteiger partial charge on any atom is -0.242 e. The van der Waals surface area contributed by atoms with Crippen molar-refractivity contribution in [1.82, 2.24) is 9.78 Å². The van der Waals surface area contributed by atoms with Crippen LogP contribution in [0.3, 0.4) is 0 Å². The van der Waals surface area contributed by atoms with E-state index in [-0.39, 0.29) is 5.92 Å². The Morgan fingerprint density at radius 2 is 2.12 bits per heavy atom. The van der Waals surface area contributed by atoms with Gasteiger partial charge in [0.25, 0.3) is 0 Å². The van der Waals surface area contributed by atoms with Gasteiger partial charge in [0.1, 0.15) is 0 Å². The molecule has 1 aromatic rings. The molecule has 0 amide bonds. The molecule has 0 aliphatic heterocycles. The molecule has 1 heterocycles. The van der Waals surface area contributed by atoms with Crippen LogP contribution in [0.4, 0.5) is 13.2 Å². The maximum atomic E-state index is 12.5. The number of allylic oxidation sites excluding steroid dienone is 2. The average molecular weight is 246 g/mol. The number of halogens is 3. The molecule has 0 fully saturated rings. The van der Waals surface area contributed by atoms with Crippen LogP contribution in [0.2, 0.25) is 0 Å². The van der Waals surface area contributed by atoms with Crippen LogP contribution in [0.1, 0.15) is 38.6 Å². The van der Waals surface area contributed by atoms with E-state index in [2.05, 4.69) is 5.10 Å². The molecule has 0 aliphatic rings. The zero-order valence-corrected chi connectivity index (χ0v) is 10.5. The van der Waals surface area contributed by atoms with Crippen molar-refractivity contribution >= 4 is 5.70 Å². The third-order valence-corrected chi connectivity index (χ3v) is 2.84. The van der Waals surface area contributed by atoms with E-state index in [0.29, 0.717) is 5.69 Å². The number of aromatic nitrogens is 2. The van der Waals surface area contributed by atoms with E-state index in [4.69, 9.17) is 0 Å². The molecule has 1 aromatic heterocycles. The Labute approximate surface area is 99.1 Å². The molecule has 0 radical (unpaired) electrons. The van der Waals surface area contributed by atoms with Crippen LogP contribution in [0, 0.1) is 12.8 Å². The molecule has 0 aromatic carbocycles. The molecular formula is C12H17F3N2. The summed E-state index contributed by atoms with van der Waals surface area (Å²) in [6.07, 6.45) is -1.71. The molecule has 0 saturated heterocycles. The Morgan fingerprint density at radius 3 is 2.47 bits per heavy atom. The van der Waals surface area contributed by atoms with Crippen molar-refractivity contribution in [2.24, 2.45) is 5.92 Å². The Morgan fingerprint density at radius 1 is 1.53 bits per heavy atom. The summed E-state index contributed by atoms with van der Waals surface area (Å²) in [7, 11) is 0. The highest BCUT2D eigenvalue weighted by Crippen LogP contribution is 2.30. The fourth-order valence-electron chi connectivity index (χ4n) is 1.70. The summed E-state index contributed by atoms with van der Waals surface area (Å²) < 4.78 is 39.0. The molecule has 1 unspecified atom stereocenters. The van der Waals surface area contributed by atoms with Gasteiger partial charge in [0.2, 0.25) is 0 Å². The first-order valence-electron chi connectivity index (χ1n) is 5.61. The van der Waals surface area contributed by atoms with Crippen molar-refractivity contribution in [3.05, 3.63) is 23.5 Å². The lowest BCUT2D eigenvalue weighted by molar-refractivity contribution is -0.141. The minimum absolute atomic E-state index is 0.180. The zero-order chi connectivity index (χ0) is 13.2. The summed E-state index contributed by atoms with van der Waals surface area (Å²) in [5, 5.41) is 3.64. The molecule has 5 heteroatoms. The molecular weight excluding hydrogens is 229 g/mol. The standard InChI is InChI=1S/C12H17F3N2/c1-5-8(3)10(6-2)17-9(4)7-11(16-17)12(13,14)15/h6-8H,5H2,1-4H3/b10-6+. The molecule has 0 N–H and O–H groups in total. The maximum Gasteiger partial charge on any atom is 0.435 e. The molecule has 0 bridgehead atoms. The van der Waals surface area contributed by atoms with Gasteiger partial charge in [-0.1, -0.05) is 19.9 Å². The second kappa shape index (κ2) is 4.94. The highest BCUT2D eigenvalue weighted by molar-refractivity contribution is 5.47. The van der Waals surface area contributed by atoms with E-state index >= 15 is 0 Å². The van der Waals surface area contributed by atoms with Crippen molar-refractivity contribution in [1.29, 1.82) is 0 Å². The van der Waals surface area contributed by atoms with Gasteiger partial charge in [0, 0.05) is 11.4 Å². The average Bonchev–Trinajstić information content (AvgIpc) is 2.61. The van der Waals surface area contributed by atoms with Crippen LogP contribution in [0.25, 0.3) is 5.70 Å². The molecule has 2 nitrogen and oxygen atoms in total. The SMILES string of the molecule is C/C=C(\C(C)CC)n1nc(C(F)(F)F)cc1C. The third kappa shape index (κ3) is 2.90. The monoisotopic (exact) mass is 246 g/mol. The van der Waals surface area contributed by atoms with Gasteiger partial charge in [-0.25, -0.2) is 4.68 Å². The lowest BCUT2D eigenvalue weighted by Gasteiger charge is -2.15. The van der Waals surface area contributed by atoms with Crippen LogP contribution in [-0.4, -0.2) is 9.78 Å². The van der Waals surface area contributed by atoms with Gasteiger partial charge >= 0.3 is 6.18 Å². The second-order valence-corrected chi connectivity index (χ2v) is 4.10. The summed E-state index contributed by atoms with van der Waals surface area (Å²) in [4.78, 5) is 0. The van der Waals surface area contributed by atoms with Gasteiger partial charge in [-0.15, -0.1) is 0 Å². The van der Waals surface area contributed by atoms with E-state index in [0.717, 1.165) is 18.2 Å². The van der Waals surface area contributed by atoms with Crippen LogP contribution >= 0.6 is 0 Å². The molecule has 0 aliphatic carbocycles. The Kier molecular flexibility index (Phi) is 4.01. The van der Waals surface area contributed by atoms with Crippen LogP contribution in [-0.2, 0) is 6.18 Å². The highest BCUT2D eigenvalue weighted by Gasteiger charge is 2.34. The van der Waals surface area contributed by atoms with Gasteiger partial charge in [-0.2, -0.15) is 18.3 Å². The van der Waals surface area contributed by atoms with Crippen molar-refractivity contribution in [2.45, 2.75) is 40.3 Å². The minimum atomic E-state index is -4.38. The fourth-order valence-corrected chi connectivity index (χ4v) is 1.70. The molecule has 96 valence electrons. The third-order valence-electron chi connectivity index (χ3n) is 2.84. The fraction of sp³-hybridized carbons (Fsp3) is 0.583. The summed E-state index contributed by atoms with van der Waals surface area (Å²) in [6, 6.07) is 1.08. The van der Waals surface area contributed by atoms with Gasteiger partial charge in [0.05, 0.1) is 0 Å². The van der Waals surface area contributed by atoms with Crippen molar-refractivity contribution in [3.63, 3.8) is 0 Å². The van der Waals surface area contributed by atoms with E-state index in [1.54, 1.807) is 6.92 Å². The van der Waals surface area contributed by atoms with E-state index < -0.39 is 11.9 Å². The van der Waals surface area contributed by atoms with Gasteiger partial charge in [-0.05, 0) is 32.3 Å². The second-order valence-electron chi connectivity index (χ2n) is 4.10. The number of hydrogen-bond donors (Lipinski definition) is 0. The Hall–Kier alpha value is -1.26. The smallest absolute Gasteiger partial charge is 0.242 e. The summed E-state index contributed by atoms with van der Waals surface area (Å²) in [6.45, 7) is 7.42. The van der Waals surface area contributed by atoms with E-state index in [1.807, 2.05) is 26.8 Å². The molecule has 1 rings (SSSR count). The maximum absolute atomic E-state index is 12.5. The molecule has 1 atom stereocenters. The van der Waals surface area contributed by atoms with Crippen LogP contribution < -0.4 is 0 Å². The number of nitrogens with zero attached hydrogens (tertiary/aromatic N) is 2. The van der Waals surface area contributed by atoms with Crippen molar-refractivity contribution in [3.8, 4) is 0 Å². The summed E-state index contributed by atoms with van der Waals surface area (Å²) in [5.41, 5.74) is 0.476. The van der Waals surface area contributed by atoms with Gasteiger partial charge in [0.15, 0.2) is 5.69 Å². The predicted octanol–water partition coefficient (Wildman–Crippen LogP) is 4.12. The number of aryl methyl sites for hydroxylation is 1. The largest absolute Gasteiger partial charge is 0.435 e. The van der Waals surface area contributed by atoms with Gasteiger partial charge < -0.3 is 0 Å². The topological polar surface area (TPSA) is 17.8 Å². The Balaban J connectivity index is 3.19. The van der Waals surface area contributed by atoms with Gasteiger partial charge in [-0.3, -0.25) is 0 Å². The van der Waals surface area contributed by atoms with E-state index in [1.165, 1.54) is 4.68 Å². The molecule has 0 saturated carbocycles.